The Morgan fingerprint density at radius 1 is 0.600 bits per heavy atom. The summed E-state index contributed by atoms with van der Waals surface area (Å²) in [6.07, 6.45) is -1.45. The Labute approximate surface area is 493 Å². The number of guanidine groups is 1. The van der Waals surface area contributed by atoms with Crippen LogP contribution in [0.2, 0.25) is 0 Å². The highest BCUT2D eigenvalue weighted by molar-refractivity contribution is 5.99. The lowest BCUT2D eigenvalue weighted by Crippen LogP contribution is -2.53. The highest BCUT2D eigenvalue weighted by Gasteiger charge is 2.36. The third kappa shape index (κ3) is 23.3. The number of amides is 8. The smallest absolute Gasteiger partial charge is 0.315 e. The first kappa shape index (κ1) is 68.5. The predicted molar refractivity (Wildman–Crippen MR) is 317 cm³/mol. The Morgan fingerprint density at radius 3 is 1.80 bits per heavy atom. The number of hydrogen-bond donors (Lipinski definition) is 13. The van der Waals surface area contributed by atoms with E-state index in [0.29, 0.717) is 24.1 Å². The van der Waals surface area contributed by atoms with Crippen LogP contribution in [0.4, 0.5) is 4.79 Å². The number of rotatable bonds is 36. The van der Waals surface area contributed by atoms with Crippen molar-refractivity contribution in [3.8, 4) is 5.75 Å². The van der Waals surface area contributed by atoms with Gasteiger partial charge in [-0.3, -0.25) is 52.9 Å². The van der Waals surface area contributed by atoms with E-state index in [1.54, 1.807) is 48.7 Å². The number of aliphatic hydroxyl groups excluding tert-OH is 1. The van der Waals surface area contributed by atoms with Crippen LogP contribution in [0.5, 0.6) is 5.75 Å². The molecule has 1 heterocycles. The number of phenolic OH excluding ortho intramolecular Hbond substituents is 1. The minimum Gasteiger partial charge on any atom is -0.508 e. The van der Waals surface area contributed by atoms with Gasteiger partial charge in [-0.2, -0.15) is 0 Å². The van der Waals surface area contributed by atoms with Gasteiger partial charge in [-0.25, -0.2) is 4.79 Å². The van der Waals surface area contributed by atoms with Gasteiger partial charge in [-0.1, -0.05) is 81.4 Å². The van der Waals surface area contributed by atoms with Crippen LogP contribution in [0, 0.1) is 23.7 Å². The average molecular weight is 1180 g/mol. The summed E-state index contributed by atoms with van der Waals surface area (Å²) in [5, 5.41) is 39.8. The topological polar surface area (TPSA) is 419 Å². The summed E-state index contributed by atoms with van der Waals surface area (Å²) in [5.41, 5.74) is 19.8. The van der Waals surface area contributed by atoms with Crippen molar-refractivity contribution in [2.24, 2.45) is 45.9 Å². The fourth-order valence-electron chi connectivity index (χ4n) is 9.50. The van der Waals surface area contributed by atoms with Gasteiger partial charge in [-0.15, -0.1) is 0 Å². The number of nitrogens with two attached hydrogens (primary N) is 3. The number of Topliss-reactive ketones (excluding diaryl/α,β-unsaturated/α-hetero) is 4. The summed E-state index contributed by atoms with van der Waals surface area (Å²) < 4.78 is 0. The number of nitrogens with one attached hydrogen (secondary N) is 8. The van der Waals surface area contributed by atoms with Crippen molar-refractivity contribution in [3.05, 3.63) is 102 Å². The molecule has 4 aromatic rings. The van der Waals surface area contributed by atoms with E-state index >= 15 is 0 Å². The van der Waals surface area contributed by atoms with Gasteiger partial charge in [0.25, 0.3) is 0 Å². The largest absolute Gasteiger partial charge is 0.508 e. The van der Waals surface area contributed by atoms with Gasteiger partial charge in [0.1, 0.15) is 11.8 Å². The van der Waals surface area contributed by atoms with Crippen molar-refractivity contribution >= 4 is 81.5 Å². The molecule has 0 aliphatic carbocycles. The van der Waals surface area contributed by atoms with E-state index in [0.717, 1.165) is 16.5 Å². The van der Waals surface area contributed by atoms with Crippen molar-refractivity contribution < 1.29 is 63.0 Å². The molecule has 0 spiro atoms. The summed E-state index contributed by atoms with van der Waals surface area (Å²) >= 11 is 0. The Morgan fingerprint density at radius 2 is 1.19 bits per heavy atom. The van der Waals surface area contributed by atoms with Crippen molar-refractivity contribution in [2.45, 2.75) is 135 Å². The molecular weight excluding hydrogens is 1100 g/mol. The Kier molecular flexibility index (Phi) is 27.4. The van der Waals surface area contributed by atoms with E-state index in [9.17, 15) is 63.0 Å². The molecule has 0 saturated carbocycles. The number of ketones is 4. The number of H-pyrrole nitrogens is 1. The number of carbonyl (C=O) groups is 11. The standard InChI is InChI=1S/C60H82N12O13/c1-33(2)23-45(51(77)28-39(15-12-22-65-59(63)64-6)57(83)71-49(55(62)81)27-40-31-66-44-17-11-10-16-42(40)44)72-60(85)67-32-53(79)47(25-37-13-8-7-9-14-37)70-58(84)43(35(4)73)29-52(78)48(30-54(61)80)69-56(82)34(3)24-50(76)46(68-36(5)74)26-38-18-20-41(75)21-19-38/h7-11,13-14,16-21,31,33-35,39,43,45-49,66,73,75H,12,15,22-30,32H2,1-6H3,(H2,61,80)(H2,62,81)(H,68,74)(H,69,82)(H,70,84)(H,71,83)(H3,63,64,65)(H2,67,72,85)/t34-,35-,39-,43+,45+,46-,47+,48+,49+/m1/s1. The second-order valence-electron chi connectivity index (χ2n) is 21.7. The number of phenols is 1. The van der Waals surface area contributed by atoms with Gasteiger partial charge in [0.15, 0.2) is 29.1 Å². The number of aromatic nitrogens is 1. The van der Waals surface area contributed by atoms with Gasteiger partial charge in [0.2, 0.25) is 35.4 Å². The van der Waals surface area contributed by atoms with Crippen molar-refractivity contribution in [1.29, 1.82) is 0 Å². The number of benzene rings is 3. The highest BCUT2D eigenvalue weighted by atomic mass is 16.3. The average Bonchev–Trinajstić information content (AvgIpc) is 4.07. The number of aromatic hydroxyl groups is 1. The Bertz CT molecular complexity index is 3000. The van der Waals surface area contributed by atoms with E-state index in [1.807, 2.05) is 38.1 Å². The molecule has 16 N–H and O–H groups in total. The van der Waals surface area contributed by atoms with E-state index < -0.39 is 144 Å². The van der Waals surface area contributed by atoms with E-state index in [4.69, 9.17) is 17.2 Å². The molecule has 0 aliphatic rings. The van der Waals surface area contributed by atoms with E-state index in [2.05, 4.69) is 47.2 Å². The molecule has 8 amide bonds. The second-order valence-corrected chi connectivity index (χ2v) is 21.7. The van der Waals surface area contributed by atoms with Crippen molar-refractivity contribution in [3.63, 3.8) is 0 Å². The van der Waals surface area contributed by atoms with Gasteiger partial charge >= 0.3 is 6.03 Å². The quantitative estimate of drug-likeness (QED) is 0.0171. The molecule has 9 atom stereocenters. The van der Waals surface area contributed by atoms with Crippen LogP contribution in [-0.2, 0) is 67.2 Å². The molecule has 0 radical (unpaired) electrons. The fraction of sp³-hybridized carbons (Fsp3) is 0.467. The number of carbonyl (C=O) groups excluding carboxylic acids is 11. The number of aromatic amines is 1. The zero-order valence-corrected chi connectivity index (χ0v) is 48.9. The molecule has 25 heteroatoms. The van der Waals surface area contributed by atoms with Crippen LogP contribution in [0.25, 0.3) is 10.9 Å². The maximum atomic E-state index is 14.2. The lowest BCUT2D eigenvalue weighted by Gasteiger charge is -2.26. The van der Waals surface area contributed by atoms with E-state index in [-0.39, 0.29) is 56.2 Å². The number of para-hydroxylation sites is 1. The Balaban J connectivity index is 1.46. The van der Waals surface area contributed by atoms with Crippen molar-refractivity contribution in [1.82, 2.24) is 42.2 Å². The molecule has 0 aliphatic heterocycles. The maximum Gasteiger partial charge on any atom is 0.315 e. The molecule has 0 bridgehead atoms. The maximum absolute atomic E-state index is 14.2. The summed E-state index contributed by atoms with van der Waals surface area (Å²) in [7, 11) is 1.50. The number of urea groups is 1. The summed E-state index contributed by atoms with van der Waals surface area (Å²) in [6, 6.07) is 14.6. The van der Waals surface area contributed by atoms with Gasteiger partial charge in [-0.05, 0) is 79.8 Å². The molecule has 460 valence electrons. The molecule has 0 saturated heterocycles. The lowest BCUT2D eigenvalue weighted by molar-refractivity contribution is -0.137. The van der Waals surface area contributed by atoms with Crippen LogP contribution in [0.3, 0.4) is 0 Å². The fourth-order valence-corrected chi connectivity index (χ4v) is 9.50. The molecule has 0 unspecified atom stereocenters. The molecule has 4 rings (SSSR count). The summed E-state index contributed by atoms with van der Waals surface area (Å²) in [5.74, 6) is -11.1. The van der Waals surface area contributed by atoms with Crippen LogP contribution < -0.4 is 54.4 Å². The Hall–Kier alpha value is -9.00. The first-order chi connectivity index (χ1) is 40.2. The first-order valence-electron chi connectivity index (χ1n) is 28.2. The van der Waals surface area contributed by atoms with Crippen LogP contribution in [0.15, 0.2) is 90.1 Å². The zero-order valence-electron chi connectivity index (χ0n) is 48.9. The van der Waals surface area contributed by atoms with Gasteiger partial charge in [0, 0.05) is 75.1 Å². The number of hydrogen-bond acceptors (Lipinski definition) is 14. The molecule has 1 aromatic heterocycles. The van der Waals surface area contributed by atoms with Crippen LogP contribution >= 0.6 is 0 Å². The number of aliphatic imine (C=N–C) groups is 1. The number of primary amides is 2. The normalized spacial score (nSPS) is 14.6. The number of nitrogens with zero attached hydrogens (tertiary/aromatic N) is 1. The van der Waals surface area contributed by atoms with Crippen LogP contribution in [0.1, 0.15) is 96.3 Å². The number of aliphatic hydroxyl groups is 1. The lowest BCUT2D eigenvalue weighted by atomic mass is 9.90. The first-order valence-corrected chi connectivity index (χ1v) is 28.2. The van der Waals surface area contributed by atoms with Gasteiger partial charge in [0.05, 0.1) is 49.2 Å². The SMILES string of the molecule is CN=C(N)NCCC[C@H](CC(=O)[C@H](CC(C)C)NC(=O)NCC(=O)[C@H](Cc1ccccc1)NC(=O)[C@@H](CC(=O)[C@H](CC(N)=O)NC(=O)[C@H](C)CC(=O)[C@@H](Cc1ccc(O)cc1)NC(C)=O)[C@@H](C)O)C(=O)N[C@@H](Cc1c[nH]c2ccccc12)C(N)=O. The highest BCUT2D eigenvalue weighted by Crippen LogP contribution is 2.22. The molecular formula is C60H82N12O13. The molecule has 3 aromatic carbocycles. The predicted octanol–water partition coefficient (Wildman–Crippen LogP) is 0.945. The third-order valence-corrected chi connectivity index (χ3v) is 14.2. The molecule has 85 heavy (non-hydrogen) atoms. The zero-order chi connectivity index (χ0) is 62.9. The monoisotopic (exact) mass is 1180 g/mol. The van der Waals surface area contributed by atoms with E-state index in [1.165, 1.54) is 40.0 Å². The summed E-state index contributed by atoms with van der Waals surface area (Å²) in [4.78, 5) is 155. The van der Waals surface area contributed by atoms with Crippen molar-refractivity contribution in [2.75, 3.05) is 20.1 Å². The third-order valence-electron chi connectivity index (χ3n) is 14.2. The molecule has 25 nitrogen and oxygen atoms in total. The number of fused-ring (bicyclic) bond motifs is 1. The summed E-state index contributed by atoms with van der Waals surface area (Å²) in [6.45, 7) is 7.08. The molecule has 0 fully saturated rings. The second kappa shape index (κ2) is 33.9. The van der Waals surface area contributed by atoms with Crippen LogP contribution in [-0.4, -0.2) is 142 Å². The minimum absolute atomic E-state index is 0.00677. The van der Waals surface area contributed by atoms with Gasteiger partial charge < -0.3 is 69.6 Å². The minimum atomic E-state index is -1.61.